The van der Waals surface area contributed by atoms with Crippen molar-refractivity contribution in [2.75, 3.05) is 5.75 Å². The Labute approximate surface area is 113 Å². The molecule has 0 aliphatic heterocycles. The fourth-order valence-corrected chi connectivity index (χ4v) is 5.19. The average Bonchev–Trinajstić information content (AvgIpc) is 2.25. The third-order valence-electron chi connectivity index (χ3n) is 2.28. The van der Waals surface area contributed by atoms with Crippen LogP contribution < -0.4 is 0 Å². The quantitative estimate of drug-likeness (QED) is 0.785. The van der Waals surface area contributed by atoms with Crippen molar-refractivity contribution in [3.8, 4) is 0 Å². The molecule has 0 saturated carbocycles. The van der Waals surface area contributed by atoms with Crippen LogP contribution in [0, 0.1) is 6.92 Å². The molecule has 7 heteroatoms. The van der Waals surface area contributed by atoms with Gasteiger partial charge in [-0.2, -0.15) is 8.42 Å². The molecular formula is C11H16ClNO3S2. The van der Waals surface area contributed by atoms with Gasteiger partial charge in [-0.3, -0.25) is 0 Å². The molecule has 0 spiro atoms. The molecule has 0 bridgehead atoms. The number of unbranched alkanes of at least 4 members (excludes halogenated alkanes) is 1. The molecular weight excluding hydrogens is 294 g/mol. The van der Waals surface area contributed by atoms with Crippen molar-refractivity contribution in [1.82, 2.24) is 0 Å². The molecule has 0 aliphatic rings. The second-order valence-electron chi connectivity index (χ2n) is 3.98. The number of aryl methyl sites for hydroxylation is 1. The van der Waals surface area contributed by atoms with E-state index in [1.54, 1.807) is 12.1 Å². The van der Waals surface area contributed by atoms with Gasteiger partial charge >= 0.3 is 0 Å². The van der Waals surface area contributed by atoms with Crippen LogP contribution in [-0.2, 0) is 19.0 Å². The van der Waals surface area contributed by atoms with Gasteiger partial charge in [0.25, 0.3) is 10.0 Å². The molecule has 0 radical (unpaired) electrons. The molecule has 0 aliphatic carbocycles. The van der Waals surface area contributed by atoms with Crippen molar-refractivity contribution in [2.24, 2.45) is 3.77 Å². The highest BCUT2D eigenvalue weighted by Crippen LogP contribution is 2.18. The lowest BCUT2D eigenvalue weighted by Crippen LogP contribution is -2.04. The first-order chi connectivity index (χ1) is 8.27. The van der Waals surface area contributed by atoms with Crippen molar-refractivity contribution < 1.29 is 12.6 Å². The van der Waals surface area contributed by atoms with E-state index in [1.807, 2.05) is 13.8 Å². The largest absolute Gasteiger partial charge is 0.291 e. The summed E-state index contributed by atoms with van der Waals surface area (Å²) in [4.78, 5) is 0.0120. The molecule has 0 aromatic heterocycles. The van der Waals surface area contributed by atoms with Gasteiger partial charge in [-0.05, 0) is 25.5 Å². The van der Waals surface area contributed by atoms with Crippen LogP contribution in [0.5, 0.6) is 0 Å². The SMILES string of the molecule is CCCCS(=O)(Cl)=NS(=O)(=O)c1ccc(C)cc1. The highest BCUT2D eigenvalue weighted by atomic mass is 35.7. The molecule has 0 saturated heterocycles. The molecule has 1 rings (SSSR count). The summed E-state index contributed by atoms with van der Waals surface area (Å²) in [5.41, 5.74) is 0.937. The van der Waals surface area contributed by atoms with Crippen molar-refractivity contribution in [1.29, 1.82) is 0 Å². The summed E-state index contributed by atoms with van der Waals surface area (Å²) in [6.07, 6.45) is 1.36. The summed E-state index contributed by atoms with van der Waals surface area (Å²) in [5.74, 6) is 0.0795. The van der Waals surface area contributed by atoms with Crippen LogP contribution in [0.1, 0.15) is 25.3 Å². The van der Waals surface area contributed by atoms with E-state index in [0.717, 1.165) is 12.0 Å². The fourth-order valence-electron chi connectivity index (χ4n) is 1.26. The first kappa shape index (κ1) is 15.5. The van der Waals surface area contributed by atoms with Gasteiger partial charge in [-0.15, -0.1) is 0 Å². The van der Waals surface area contributed by atoms with E-state index in [-0.39, 0.29) is 10.6 Å². The van der Waals surface area contributed by atoms with Crippen LogP contribution in [0.3, 0.4) is 0 Å². The summed E-state index contributed by atoms with van der Waals surface area (Å²) < 4.78 is 38.9. The lowest BCUT2D eigenvalue weighted by molar-refractivity contribution is 0.598. The summed E-state index contributed by atoms with van der Waals surface area (Å²) in [7, 11) is -1.49. The van der Waals surface area contributed by atoms with Crippen LogP contribution in [0.25, 0.3) is 0 Å². The molecule has 1 atom stereocenters. The second kappa shape index (κ2) is 6.04. The zero-order chi connectivity index (χ0) is 13.8. The van der Waals surface area contributed by atoms with Crippen LogP contribution in [0.2, 0.25) is 0 Å². The molecule has 0 heterocycles. The summed E-state index contributed by atoms with van der Waals surface area (Å²) in [6.45, 7) is 3.75. The maximum absolute atomic E-state index is 11.9. The van der Waals surface area contributed by atoms with E-state index in [9.17, 15) is 12.6 Å². The van der Waals surface area contributed by atoms with Crippen molar-refractivity contribution in [2.45, 2.75) is 31.6 Å². The average molecular weight is 310 g/mol. The summed E-state index contributed by atoms with van der Waals surface area (Å²) in [5, 5.41) is 0. The number of hydrogen-bond acceptors (Lipinski definition) is 3. The minimum absolute atomic E-state index is 0.0120. The highest BCUT2D eigenvalue weighted by Gasteiger charge is 2.16. The van der Waals surface area contributed by atoms with Gasteiger partial charge in [-0.1, -0.05) is 34.8 Å². The summed E-state index contributed by atoms with van der Waals surface area (Å²) in [6, 6.07) is 6.18. The first-order valence-corrected chi connectivity index (χ1v) is 9.49. The van der Waals surface area contributed by atoms with E-state index in [1.165, 1.54) is 12.1 Å². The van der Waals surface area contributed by atoms with Crippen LogP contribution in [0.4, 0.5) is 0 Å². The smallest absolute Gasteiger partial charge is 0.232 e. The van der Waals surface area contributed by atoms with Gasteiger partial charge < -0.3 is 0 Å². The van der Waals surface area contributed by atoms with Crippen molar-refractivity contribution in [3.63, 3.8) is 0 Å². The lowest BCUT2D eigenvalue weighted by Gasteiger charge is -2.02. The number of halogens is 1. The number of rotatable bonds is 5. The molecule has 0 amide bonds. The molecule has 18 heavy (non-hydrogen) atoms. The Morgan fingerprint density at radius 3 is 2.22 bits per heavy atom. The number of sulfonamides is 1. The van der Waals surface area contributed by atoms with Crippen molar-refractivity contribution >= 4 is 29.6 Å². The normalized spacial score (nSPS) is 15.1. The second-order valence-corrected chi connectivity index (χ2v) is 8.98. The minimum atomic E-state index is -3.95. The van der Waals surface area contributed by atoms with Gasteiger partial charge in [0, 0.05) is 16.4 Å². The molecule has 0 fully saturated rings. The van der Waals surface area contributed by atoms with E-state index in [4.69, 9.17) is 10.7 Å². The van der Waals surface area contributed by atoms with E-state index < -0.39 is 19.0 Å². The lowest BCUT2D eigenvalue weighted by atomic mass is 10.2. The minimum Gasteiger partial charge on any atom is -0.232 e. The zero-order valence-corrected chi connectivity index (χ0v) is 12.7. The Morgan fingerprint density at radius 1 is 1.17 bits per heavy atom. The Morgan fingerprint density at radius 2 is 1.72 bits per heavy atom. The van der Waals surface area contributed by atoms with E-state index in [2.05, 4.69) is 3.77 Å². The third kappa shape index (κ3) is 4.59. The monoisotopic (exact) mass is 309 g/mol. The van der Waals surface area contributed by atoms with E-state index >= 15 is 0 Å². The number of benzene rings is 1. The molecule has 1 aromatic rings. The molecule has 0 N–H and O–H groups in total. The molecule has 1 aromatic carbocycles. The Hall–Kier alpha value is -0.590. The molecule has 102 valence electrons. The maximum Gasteiger partial charge on any atom is 0.291 e. The topological polar surface area (TPSA) is 63.6 Å². The zero-order valence-electron chi connectivity index (χ0n) is 10.3. The highest BCUT2D eigenvalue weighted by molar-refractivity contribution is 8.19. The molecule has 1 unspecified atom stereocenters. The predicted octanol–water partition coefficient (Wildman–Crippen LogP) is 3.11. The van der Waals surface area contributed by atoms with Gasteiger partial charge in [0.2, 0.25) is 0 Å². The van der Waals surface area contributed by atoms with Gasteiger partial charge in [0.15, 0.2) is 0 Å². The van der Waals surface area contributed by atoms with Gasteiger partial charge in [0.1, 0.15) is 8.94 Å². The van der Waals surface area contributed by atoms with Crippen LogP contribution in [-0.4, -0.2) is 18.4 Å². The van der Waals surface area contributed by atoms with Crippen molar-refractivity contribution in [3.05, 3.63) is 29.8 Å². The third-order valence-corrected chi connectivity index (χ3v) is 6.58. The van der Waals surface area contributed by atoms with Crippen LogP contribution >= 0.6 is 10.7 Å². The summed E-state index contributed by atoms with van der Waals surface area (Å²) >= 11 is 0. The van der Waals surface area contributed by atoms with Gasteiger partial charge in [-0.25, -0.2) is 4.21 Å². The number of nitrogens with zero attached hydrogens (tertiary/aromatic N) is 1. The van der Waals surface area contributed by atoms with Crippen LogP contribution in [0.15, 0.2) is 32.9 Å². The molecule has 4 nitrogen and oxygen atoms in total. The van der Waals surface area contributed by atoms with E-state index in [0.29, 0.717) is 6.42 Å². The standard InChI is InChI=1S/C11H16ClNO3S2/c1-3-4-9-17(12,14)13-18(15,16)11-7-5-10(2)6-8-11/h5-8H,3-4,9H2,1-2H3. The Balaban J connectivity index is 3.12. The number of hydrogen-bond donors (Lipinski definition) is 0. The fraction of sp³-hybridized carbons (Fsp3) is 0.455. The Kier molecular flexibility index (Phi) is 5.19. The Bertz CT molecular complexity index is 614. The maximum atomic E-state index is 11.9. The first-order valence-electron chi connectivity index (χ1n) is 5.54. The predicted molar refractivity (Wildman–Crippen MR) is 74.6 cm³/mol. The van der Waals surface area contributed by atoms with Gasteiger partial charge in [0.05, 0.1) is 4.90 Å².